The molecule has 0 saturated carbocycles. The predicted molar refractivity (Wildman–Crippen MR) is 134 cm³/mol. The van der Waals surface area contributed by atoms with Crippen LogP contribution in [0.15, 0.2) is 48.5 Å². The number of piperidine rings is 2. The van der Waals surface area contributed by atoms with Gasteiger partial charge in [-0.2, -0.15) is 0 Å². The third-order valence-corrected chi connectivity index (χ3v) is 8.07. The molecule has 1 spiro atoms. The Kier molecular flexibility index (Phi) is 6.34. The molecule has 180 valence electrons. The monoisotopic (exact) mass is 461 g/mol. The Hall–Kier alpha value is -2.86. The molecule has 2 fully saturated rings. The number of nitrogens with zero attached hydrogens (tertiary/aromatic N) is 3. The van der Waals surface area contributed by atoms with E-state index in [1.54, 1.807) is 6.92 Å². The second kappa shape index (κ2) is 9.41. The highest BCUT2D eigenvalue weighted by atomic mass is 16.6. The van der Waals surface area contributed by atoms with E-state index in [9.17, 15) is 9.59 Å². The summed E-state index contributed by atoms with van der Waals surface area (Å²) < 4.78 is 5.17. The minimum absolute atomic E-state index is 0.0218. The molecule has 6 heteroatoms. The van der Waals surface area contributed by atoms with Gasteiger partial charge in [-0.05, 0) is 74.5 Å². The van der Waals surface area contributed by atoms with E-state index in [-0.39, 0.29) is 17.4 Å². The number of anilines is 1. The van der Waals surface area contributed by atoms with E-state index in [0.29, 0.717) is 12.6 Å². The summed E-state index contributed by atoms with van der Waals surface area (Å²) in [5, 5.41) is 0. The Morgan fingerprint density at radius 3 is 2.32 bits per heavy atom. The molecule has 2 aromatic rings. The van der Waals surface area contributed by atoms with Crippen molar-refractivity contribution in [2.24, 2.45) is 0 Å². The lowest BCUT2D eigenvalue weighted by Crippen LogP contribution is -2.52. The Morgan fingerprint density at radius 1 is 0.971 bits per heavy atom. The fraction of sp³-hybridized carbons (Fsp3) is 0.500. The molecule has 3 aliphatic heterocycles. The summed E-state index contributed by atoms with van der Waals surface area (Å²) in [7, 11) is 0. The third kappa shape index (κ3) is 4.20. The molecule has 5 rings (SSSR count). The molecule has 34 heavy (non-hydrogen) atoms. The Bertz CT molecular complexity index is 1040. The van der Waals surface area contributed by atoms with Gasteiger partial charge in [0.1, 0.15) is 0 Å². The molecule has 3 aliphatic rings. The van der Waals surface area contributed by atoms with Crippen LogP contribution in [0.2, 0.25) is 0 Å². The summed E-state index contributed by atoms with van der Waals surface area (Å²) in [6, 6.07) is 17.6. The molecule has 2 aromatic carbocycles. The Morgan fingerprint density at radius 2 is 1.68 bits per heavy atom. The lowest BCUT2D eigenvalue weighted by molar-refractivity contribution is -0.116. The Balaban J connectivity index is 1.31. The van der Waals surface area contributed by atoms with E-state index in [1.165, 1.54) is 16.7 Å². The quantitative estimate of drug-likeness (QED) is 0.666. The topological polar surface area (TPSA) is 53.1 Å². The van der Waals surface area contributed by atoms with Crippen molar-refractivity contribution in [2.45, 2.75) is 51.0 Å². The van der Waals surface area contributed by atoms with Crippen LogP contribution in [-0.4, -0.2) is 67.2 Å². The van der Waals surface area contributed by atoms with Crippen LogP contribution in [0.4, 0.5) is 10.5 Å². The molecule has 0 bridgehead atoms. The molecule has 0 aromatic heterocycles. The number of rotatable bonds is 3. The van der Waals surface area contributed by atoms with Crippen molar-refractivity contribution in [1.29, 1.82) is 0 Å². The summed E-state index contributed by atoms with van der Waals surface area (Å²) in [6.07, 6.45) is 3.93. The van der Waals surface area contributed by atoms with E-state index >= 15 is 0 Å². The highest BCUT2D eigenvalue weighted by Crippen LogP contribution is 2.48. The predicted octanol–water partition coefficient (Wildman–Crippen LogP) is 4.67. The lowest BCUT2D eigenvalue weighted by Gasteiger charge is -2.45. The van der Waals surface area contributed by atoms with Crippen LogP contribution in [-0.2, 0) is 14.9 Å². The van der Waals surface area contributed by atoms with E-state index in [2.05, 4.69) is 47.4 Å². The number of amides is 2. The van der Waals surface area contributed by atoms with Gasteiger partial charge in [-0.3, -0.25) is 4.79 Å². The molecule has 0 radical (unpaired) electrons. The fourth-order valence-electron chi connectivity index (χ4n) is 6.13. The molecule has 0 aliphatic carbocycles. The zero-order valence-electron chi connectivity index (χ0n) is 20.3. The second-order valence-corrected chi connectivity index (χ2v) is 9.94. The van der Waals surface area contributed by atoms with Gasteiger partial charge >= 0.3 is 6.09 Å². The van der Waals surface area contributed by atoms with Crippen molar-refractivity contribution in [2.75, 3.05) is 44.2 Å². The highest BCUT2D eigenvalue weighted by molar-refractivity contribution is 5.95. The molecule has 0 N–H and O–H groups in total. The van der Waals surface area contributed by atoms with Crippen molar-refractivity contribution in [1.82, 2.24) is 9.80 Å². The zero-order valence-corrected chi connectivity index (χ0v) is 20.3. The number of fused-ring (bicyclic) bond motifs is 2. The number of carbonyl (C=O) groups excluding carboxylic acids is 2. The smallest absolute Gasteiger partial charge is 0.409 e. The fourth-order valence-corrected chi connectivity index (χ4v) is 6.13. The lowest BCUT2D eigenvalue weighted by atomic mass is 9.73. The number of benzene rings is 2. The van der Waals surface area contributed by atoms with Crippen molar-refractivity contribution in [3.05, 3.63) is 54.1 Å². The third-order valence-electron chi connectivity index (χ3n) is 8.07. The van der Waals surface area contributed by atoms with Crippen LogP contribution in [0, 0.1) is 0 Å². The average Bonchev–Trinajstić information content (AvgIpc) is 3.19. The van der Waals surface area contributed by atoms with Crippen molar-refractivity contribution in [3.8, 4) is 11.1 Å². The van der Waals surface area contributed by atoms with Crippen LogP contribution < -0.4 is 4.90 Å². The minimum atomic E-state index is -0.181. The van der Waals surface area contributed by atoms with E-state index < -0.39 is 0 Å². The van der Waals surface area contributed by atoms with Gasteiger partial charge in [0.05, 0.1) is 6.61 Å². The summed E-state index contributed by atoms with van der Waals surface area (Å²) in [5.74, 6) is 0.124. The summed E-state index contributed by atoms with van der Waals surface area (Å²) in [6.45, 7) is 8.35. The molecular formula is C28H35N3O3. The molecule has 0 unspecified atom stereocenters. The molecule has 6 nitrogen and oxygen atoms in total. The molecule has 0 atom stereocenters. The van der Waals surface area contributed by atoms with E-state index in [4.69, 9.17) is 4.74 Å². The van der Waals surface area contributed by atoms with Gasteiger partial charge in [0.25, 0.3) is 0 Å². The normalized spacial score (nSPS) is 20.4. The molecule has 3 heterocycles. The van der Waals surface area contributed by atoms with Crippen LogP contribution in [0.1, 0.15) is 45.1 Å². The minimum Gasteiger partial charge on any atom is -0.450 e. The molecule has 2 saturated heterocycles. The summed E-state index contributed by atoms with van der Waals surface area (Å²) in [5.41, 5.74) is 4.88. The zero-order chi connectivity index (χ0) is 23.7. The number of carbonyl (C=O) groups is 2. The first kappa shape index (κ1) is 22.9. The maximum atomic E-state index is 12.5. The van der Waals surface area contributed by atoms with Crippen LogP contribution in [0.5, 0.6) is 0 Å². The van der Waals surface area contributed by atoms with E-state index in [1.807, 2.05) is 22.8 Å². The van der Waals surface area contributed by atoms with Gasteiger partial charge in [-0.15, -0.1) is 0 Å². The first-order chi connectivity index (χ1) is 16.5. The SMILES string of the molecule is CCOC(=O)N1CCC(N2CCC3(CC2)CN(C(C)=O)c2ccc(-c4ccccc4)cc23)CC1. The average molecular weight is 462 g/mol. The van der Waals surface area contributed by atoms with Gasteiger partial charge < -0.3 is 19.4 Å². The van der Waals surface area contributed by atoms with Gasteiger partial charge in [0.15, 0.2) is 0 Å². The second-order valence-electron chi connectivity index (χ2n) is 9.94. The largest absolute Gasteiger partial charge is 0.450 e. The maximum absolute atomic E-state index is 12.5. The summed E-state index contributed by atoms with van der Waals surface area (Å²) >= 11 is 0. The van der Waals surface area contributed by atoms with Gasteiger partial charge in [0, 0.05) is 43.7 Å². The number of likely N-dealkylation sites (tertiary alicyclic amines) is 2. The molecule has 2 amide bonds. The Labute approximate surface area is 202 Å². The van der Waals surface area contributed by atoms with Crippen molar-refractivity contribution < 1.29 is 14.3 Å². The van der Waals surface area contributed by atoms with Crippen molar-refractivity contribution >= 4 is 17.7 Å². The standard InChI is InChI=1S/C28H35N3O3/c1-3-34-27(33)30-15-11-24(12-16-30)29-17-13-28(14-18-29)20-31(21(2)32)26-10-9-23(19-25(26)28)22-7-5-4-6-8-22/h4-10,19,24H,3,11-18,20H2,1-2H3. The number of hydrogen-bond donors (Lipinski definition) is 0. The van der Waals surface area contributed by atoms with Gasteiger partial charge in [-0.1, -0.05) is 36.4 Å². The first-order valence-electron chi connectivity index (χ1n) is 12.6. The first-order valence-corrected chi connectivity index (χ1v) is 12.6. The van der Waals surface area contributed by atoms with Crippen LogP contribution >= 0.6 is 0 Å². The van der Waals surface area contributed by atoms with Crippen LogP contribution in [0.3, 0.4) is 0 Å². The van der Waals surface area contributed by atoms with Gasteiger partial charge in [-0.25, -0.2) is 4.79 Å². The van der Waals surface area contributed by atoms with Gasteiger partial charge in [0.2, 0.25) is 5.91 Å². The number of ether oxygens (including phenoxy) is 1. The highest BCUT2D eigenvalue weighted by Gasteiger charge is 2.46. The number of hydrogen-bond acceptors (Lipinski definition) is 4. The maximum Gasteiger partial charge on any atom is 0.409 e. The summed E-state index contributed by atoms with van der Waals surface area (Å²) in [4.78, 5) is 31.0. The molecular weight excluding hydrogens is 426 g/mol. The van der Waals surface area contributed by atoms with E-state index in [0.717, 1.165) is 64.1 Å². The van der Waals surface area contributed by atoms with Crippen LogP contribution in [0.25, 0.3) is 11.1 Å². The van der Waals surface area contributed by atoms with Crippen molar-refractivity contribution in [3.63, 3.8) is 0 Å².